The molecule has 0 aliphatic heterocycles. The van der Waals surface area contributed by atoms with Gasteiger partial charge in [-0.3, -0.25) is 0 Å². The van der Waals surface area contributed by atoms with Gasteiger partial charge in [0.2, 0.25) is 0 Å². The molecule has 1 fully saturated rings. The van der Waals surface area contributed by atoms with Gasteiger partial charge in [0.1, 0.15) is 0 Å². The molecule has 2 N–H and O–H groups in total. The van der Waals surface area contributed by atoms with E-state index in [4.69, 9.17) is 5.73 Å². The number of aromatic nitrogens is 4. The SMILES string of the molecule is Nc1ccc(-n2nnn(CCCCC3CCCCC3)c2=O)cc1. The van der Waals surface area contributed by atoms with Gasteiger partial charge in [0, 0.05) is 12.2 Å². The van der Waals surface area contributed by atoms with Gasteiger partial charge in [0.15, 0.2) is 0 Å². The first-order valence-corrected chi connectivity index (χ1v) is 8.63. The van der Waals surface area contributed by atoms with E-state index in [1.165, 1.54) is 47.9 Å². The topological polar surface area (TPSA) is 78.7 Å². The van der Waals surface area contributed by atoms with Crippen molar-refractivity contribution in [2.24, 2.45) is 5.92 Å². The molecule has 2 aromatic rings. The number of anilines is 1. The lowest BCUT2D eigenvalue weighted by Gasteiger charge is -2.21. The average Bonchev–Trinajstić information content (AvgIpc) is 2.94. The fourth-order valence-corrected chi connectivity index (χ4v) is 3.36. The molecular formula is C17H25N5O. The smallest absolute Gasteiger partial charge is 0.368 e. The van der Waals surface area contributed by atoms with Crippen LogP contribution in [0.4, 0.5) is 5.69 Å². The van der Waals surface area contributed by atoms with Gasteiger partial charge < -0.3 is 5.73 Å². The molecule has 0 saturated heterocycles. The van der Waals surface area contributed by atoms with E-state index in [9.17, 15) is 4.79 Å². The largest absolute Gasteiger partial charge is 0.399 e. The number of nitrogen functional groups attached to an aromatic ring is 1. The van der Waals surface area contributed by atoms with Gasteiger partial charge in [-0.15, -0.1) is 0 Å². The molecule has 6 heteroatoms. The summed E-state index contributed by atoms with van der Waals surface area (Å²) < 4.78 is 2.78. The van der Waals surface area contributed by atoms with Crippen LogP contribution in [0.2, 0.25) is 0 Å². The van der Waals surface area contributed by atoms with E-state index in [1.54, 1.807) is 24.3 Å². The van der Waals surface area contributed by atoms with Crippen molar-refractivity contribution < 1.29 is 0 Å². The normalized spacial score (nSPS) is 15.8. The number of unbranched alkanes of at least 4 members (excludes halogenated alkanes) is 1. The number of tetrazole rings is 1. The fraction of sp³-hybridized carbons (Fsp3) is 0.588. The lowest BCUT2D eigenvalue weighted by molar-refractivity contribution is 0.325. The van der Waals surface area contributed by atoms with Crippen molar-refractivity contribution in [2.75, 3.05) is 5.73 Å². The Morgan fingerprint density at radius 2 is 1.78 bits per heavy atom. The summed E-state index contributed by atoms with van der Waals surface area (Å²) >= 11 is 0. The van der Waals surface area contributed by atoms with E-state index in [2.05, 4.69) is 10.4 Å². The number of rotatable bonds is 6. The molecule has 23 heavy (non-hydrogen) atoms. The van der Waals surface area contributed by atoms with E-state index >= 15 is 0 Å². The lowest BCUT2D eigenvalue weighted by Crippen LogP contribution is -2.24. The minimum Gasteiger partial charge on any atom is -0.399 e. The summed E-state index contributed by atoms with van der Waals surface area (Å²) in [7, 11) is 0. The summed E-state index contributed by atoms with van der Waals surface area (Å²) in [6.45, 7) is 0.639. The van der Waals surface area contributed by atoms with Crippen LogP contribution < -0.4 is 11.4 Å². The third-order valence-corrected chi connectivity index (χ3v) is 4.73. The second kappa shape index (κ2) is 7.44. The highest BCUT2D eigenvalue weighted by atomic mass is 16.2. The Bertz CT molecular complexity index is 667. The maximum Gasteiger partial charge on any atom is 0.368 e. The summed E-state index contributed by atoms with van der Waals surface area (Å²) in [4.78, 5) is 12.3. The van der Waals surface area contributed by atoms with Crippen LogP contribution in [0.25, 0.3) is 5.69 Å². The van der Waals surface area contributed by atoms with Crippen LogP contribution in [-0.4, -0.2) is 19.8 Å². The van der Waals surface area contributed by atoms with Crippen LogP contribution in [0, 0.1) is 5.92 Å². The van der Waals surface area contributed by atoms with Gasteiger partial charge in [-0.2, -0.15) is 9.36 Å². The summed E-state index contributed by atoms with van der Waals surface area (Å²) in [6, 6.07) is 7.06. The molecule has 0 amide bonds. The molecule has 124 valence electrons. The van der Waals surface area contributed by atoms with Gasteiger partial charge in [0.25, 0.3) is 0 Å². The van der Waals surface area contributed by atoms with Crippen molar-refractivity contribution in [3.8, 4) is 5.69 Å². The van der Waals surface area contributed by atoms with E-state index in [1.807, 2.05) is 0 Å². The van der Waals surface area contributed by atoms with Crippen molar-refractivity contribution in [3.63, 3.8) is 0 Å². The van der Waals surface area contributed by atoms with Gasteiger partial charge in [-0.05, 0) is 47.0 Å². The van der Waals surface area contributed by atoms with Gasteiger partial charge in [-0.25, -0.2) is 4.79 Å². The van der Waals surface area contributed by atoms with Crippen molar-refractivity contribution in [2.45, 2.75) is 57.9 Å². The summed E-state index contributed by atoms with van der Waals surface area (Å²) in [5.41, 5.74) is 6.83. The van der Waals surface area contributed by atoms with Crippen LogP contribution in [0.15, 0.2) is 29.1 Å². The molecule has 1 aliphatic carbocycles. The molecule has 0 radical (unpaired) electrons. The maximum atomic E-state index is 12.3. The quantitative estimate of drug-likeness (QED) is 0.656. The summed E-state index contributed by atoms with van der Waals surface area (Å²) in [5.74, 6) is 0.894. The molecule has 0 unspecified atom stereocenters. The highest BCUT2D eigenvalue weighted by molar-refractivity contribution is 5.44. The third-order valence-electron chi connectivity index (χ3n) is 4.73. The highest BCUT2D eigenvalue weighted by Crippen LogP contribution is 2.27. The van der Waals surface area contributed by atoms with E-state index < -0.39 is 0 Å². The number of hydrogen-bond donors (Lipinski definition) is 1. The molecule has 1 saturated carbocycles. The second-order valence-electron chi connectivity index (χ2n) is 6.49. The van der Waals surface area contributed by atoms with Crippen LogP contribution >= 0.6 is 0 Å². The Morgan fingerprint density at radius 1 is 1.04 bits per heavy atom. The first-order chi connectivity index (χ1) is 11.2. The van der Waals surface area contributed by atoms with E-state index in [0.29, 0.717) is 17.9 Å². The standard InChI is InChI=1S/C17H25N5O/c18-15-9-11-16(12-10-15)22-17(23)21(19-20-22)13-5-4-8-14-6-2-1-3-7-14/h9-12,14H,1-8,13,18H2. The minimum absolute atomic E-state index is 0.188. The van der Waals surface area contributed by atoms with E-state index in [-0.39, 0.29) is 5.69 Å². The highest BCUT2D eigenvalue weighted by Gasteiger charge is 2.13. The zero-order chi connectivity index (χ0) is 16.1. The monoisotopic (exact) mass is 315 g/mol. The predicted octanol–water partition coefficient (Wildman–Crippen LogP) is 2.76. The molecule has 0 spiro atoms. The predicted molar refractivity (Wildman–Crippen MR) is 90.5 cm³/mol. The Kier molecular flexibility index (Phi) is 5.10. The van der Waals surface area contributed by atoms with E-state index in [0.717, 1.165) is 18.8 Å². The molecule has 0 atom stereocenters. The molecule has 1 aromatic carbocycles. The average molecular weight is 315 g/mol. The Labute approximate surface area is 136 Å². The van der Waals surface area contributed by atoms with Crippen molar-refractivity contribution in [1.82, 2.24) is 19.8 Å². The Balaban J connectivity index is 1.53. The second-order valence-corrected chi connectivity index (χ2v) is 6.49. The van der Waals surface area contributed by atoms with Gasteiger partial charge in [0.05, 0.1) is 5.69 Å². The first-order valence-electron chi connectivity index (χ1n) is 8.63. The van der Waals surface area contributed by atoms with Crippen LogP contribution in [0.1, 0.15) is 51.4 Å². The van der Waals surface area contributed by atoms with Crippen molar-refractivity contribution in [1.29, 1.82) is 0 Å². The molecule has 1 aromatic heterocycles. The maximum absolute atomic E-state index is 12.3. The number of nitrogens with zero attached hydrogens (tertiary/aromatic N) is 4. The summed E-state index contributed by atoms with van der Waals surface area (Å²) in [6.07, 6.45) is 10.4. The Morgan fingerprint density at radius 3 is 2.52 bits per heavy atom. The van der Waals surface area contributed by atoms with Crippen molar-refractivity contribution in [3.05, 3.63) is 34.7 Å². The zero-order valence-corrected chi connectivity index (χ0v) is 13.5. The molecular weight excluding hydrogens is 290 g/mol. The third kappa shape index (κ3) is 4.00. The number of benzene rings is 1. The lowest BCUT2D eigenvalue weighted by atomic mass is 9.86. The number of hydrogen-bond acceptors (Lipinski definition) is 4. The number of aryl methyl sites for hydroxylation is 1. The van der Waals surface area contributed by atoms with Crippen molar-refractivity contribution >= 4 is 5.69 Å². The zero-order valence-electron chi connectivity index (χ0n) is 13.5. The first kappa shape index (κ1) is 15.8. The van der Waals surface area contributed by atoms with Gasteiger partial charge in [-0.1, -0.05) is 44.9 Å². The molecule has 1 heterocycles. The van der Waals surface area contributed by atoms with Crippen LogP contribution in [0.5, 0.6) is 0 Å². The fourth-order valence-electron chi connectivity index (χ4n) is 3.36. The molecule has 0 bridgehead atoms. The summed E-state index contributed by atoms with van der Waals surface area (Å²) in [5, 5.41) is 7.95. The molecule has 6 nitrogen and oxygen atoms in total. The van der Waals surface area contributed by atoms with Crippen LogP contribution in [0.3, 0.4) is 0 Å². The van der Waals surface area contributed by atoms with Crippen LogP contribution in [-0.2, 0) is 6.54 Å². The number of nitrogens with two attached hydrogens (primary N) is 1. The molecule has 3 rings (SSSR count). The molecule has 1 aliphatic rings. The minimum atomic E-state index is -0.188. The Hall–Kier alpha value is -2.11. The van der Waals surface area contributed by atoms with Gasteiger partial charge >= 0.3 is 5.69 Å².